The third kappa shape index (κ3) is 4.10. The van der Waals surface area contributed by atoms with Crippen LogP contribution in [0.1, 0.15) is 13.8 Å². The van der Waals surface area contributed by atoms with E-state index >= 15 is 0 Å². The largest absolute Gasteiger partial charge is 0.352 e. The van der Waals surface area contributed by atoms with E-state index in [2.05, 4.69) is 17.2 Å². The molecule has 0 bridgehead atoms. The van der Waals surface area contributed by atoms with Gasteiger partial charge in [0.1, 0.15) is 5.41 Å². The summed E-state index contributed by atoms with van der Waals surface area (Å²) < 4.78 is 0. The number of hydrogen-bond acceptors (Lipinski definition) is 2. The summed E-state index contributed by atoms with van der Waals surface area (Å²) in [6.45, 7) is 6.95. The average molecular weight is 281 g/mol. The molecule has 0 unspecified atom stereocenters. The highest BCUT2D eigenvalue weighted by Crippen LogP contribution is 2.21. The van der Waals surface area contributed by atoms with Gasteiger partial charge in [-0.1, -0.05) is 23.7 Å². The van der Waals surface area contributed by atoms with Crippen molar-refractivity contribution in [3.63, 3.8) is 0 Å². The van der Waals surface area contributed by atoms with Crippen molar-refractivity contribution >= 4 is 29.1 Å². The Bertz CT molecular complexity index is 498. The first-order valence-electron chi connectivity index (χ1n) is 5.84. The highest BCUT2D eigenvalue weighted by Gasteiger charge is 2.35. The van der Waals surface area contributed by atoms with Gasteiger partial charge in [-0.05, 0) is 32.0 Å². The topological polar surface area (TPSA) is 58.2 Å². The van der Waals surface area contributed by atoms with Crippen LogP contribution in [0.4, 0.5) is 5.69 Å². The molecule has 0 aliphatic heterocycles. The quantitative estimate of drug-likeness (QED) is 0.643. The van der Waals surface area contributed by atoms with Crippen molar-refractivity contribution in [2.75, 3.05) is 11.9 Å². The van der Waals surface area contributed by atoms with Crippen LogP contribution >= 0.6 is 11.6 Å². The van der Waals surface area contributed by atoms with Crippen molar-refractivity contribution < 1.29 is 9.59 Å². The molecule has 5 heteroatoms. The first-order valence-corrected chi connectivity index (χ1v) is 6.22. The van der Waals surface area contributed by atoms with Crippen LogP contribution in [-0.2, 0) is 9.59 Å². The molecular formula is C14H17ClN2O2. The lowest BCUT2D eigenvalue weighted by atomic mass is 9.91. The fourth-order valence-electron chi connectivity index (χ4n) is 1.34. The minimum absolute atomic E-state index is 0.326. The molecule has 2 N–H and O–H groups in total. The number of amides is 2. The maximum absolute atomic E-state index is 12.1. The number of halogens is 1. The van der Waals surface area contributed by atoms with E-state index in [1.54, 1.807) is 44.2 Å². The van der Waals surface area contributed by atoms with E-state index in [9.17, 15) is 9.59 Å². The van der Waals surface area contributed by atoms with Crippen LogP contribution in [0.3, 0.4) is 0 Å². The number of rotatable bonds is 5. The van der Waals surface area contributed by atoms with Gasteiger partial charge in [-0.25, -0.2) is 0 Å². The van der Waals surface area contributed by atoms with Crippen molar-refractivity contribution in [2.45, 2.75) is 13.8 Å². The second-order valence-corrected chi connectivity index (χ2v) is 5.02. The number of hydrogen-bond donors (Lipinski definition) is 2. The van der Waals surface area contributed by atoms with Crippen molar-refractivity contribution in [3.8, 4) is 0 Å². The maximum atomic E-state index is 12.1. The smallest absolute Gasteiger partial charge is 0.239 e. The molecule has 1 rings (SSSR count). The van der Waals surface area contributed by atoms with Gasteiger partial charge < -0.3 is 10.6 Å². The van der Waals surface area contributed by atoms with E-state index < -0.39 is 11.3 Å². The number of benzene rings is 1. The Morgan fingerprint density at radius 1 is 1.37 bits per heavy atom. The van der Waals surface area contributed by atoms with Gasteiger partial charge in [0.2, 0.25) is 11.8 Å². The molecule has 0 fully saturated rings. The van der Waals surface area contributed by atoms with Crippen LogP contribution in [0.25, 0.3) is 0 Å². The minimum Gasteiger partial charge on any atom is -0.352 e. The zero-order chi connectivity index (χ0) is 14.5. The highest BCUT2D eigenvalue weighted by atomic mass is 35.5. The number of carbonyl (C=O) groups is 2. The van der Waals surface area contributed by atoms with Crippen LogP contribution in [0, 0.1) is 5.41 Å². The van der Waals surface area contributed by atoms with Gasteiger partial charge in [0.25, 0.3) is 0 Å². The summed E-state index contributed by atoms with van der Waals surface area (Å²) in [6.07, 6.45) is 1.56. The molecule has 102 valence electrons. The molecule has 2 amide bonds. The maximum Gasteiger partial charge on any atom is 0.239 e. The molecule has 0 aliphatic carbocycles. The fraction of sp³-hybridized carbons (Fsp3) is 0.286. The van der Waals surface area contributed by atoms with Gasteiger partial charge in [-0.3, -0.25) is 9.59 Å². The normalized spacial score (nSPS) is 10.7. The fourth-order valence-corrected chi connectivity index (χ4v) is 1.53. The molecule has 1 aromatic carbocycles. The van der Waals surface area contributed by atoms with Crippen LogP contribution in [-0.4, -0.2) is 18.4 Å². The van der Waals surface area contributed by atoms with E-state index in [4.69, 9.17) is 11.6 Å². The lowest BCUT2D eigenvalue weighted by Crippen LogP contribution is -2.45. The summed E-state index contributed by atoms with van der Waals surface area (Å²) in [5.41, 5.74) is -0.618. The van der Waals surface area contributed by atoms with Gasteiger partial charge in [0.15, 0.2) is 0 Å². The lowest BCUT2D eigenvalue weighted by molar-refractivity contribution is -0.138. The monoisotopic (exact) mass is 280 g/mol. The molecule has 0 saturated carbocycles. The van der Waals surface area contributed by atoms with E-state index in [0.29, 0.717) is 17.3 Å². The van der Waals surface area contributed by atoms with Crippen molar-refractivity contribution in [1.29, 1.82) is 0 Å². The minimum atomic E-state index is -1.18. The Hall–Kier alpha value is -1.81. The molecule has 0 spiro atoms. The second-order valence-electron chi connectivity index (χ2n) is 4.59. The van der Waals surface area contributed by atoms with Crippen LogP contribution in [0.15, 0.2) is 36.9 Å². The Morgan fingerprint density at radius 3 is 2.63 bits per heavy atom. The molecule has 4 nitrogen and oxygen atoms in total. The van der Waals surface area contributed by atoms with Crippen molar-refractivity contribution in [3.05, 3.63) is 41.9 Å². The Labute approximate surface area is 117 Å². The molecule has 0 radical (unpaired) electrons. The third-order valence-electron chi connectivity index (χ3n) is 2.62. The summed E-state index contributed by atoms with van der Waals surface area (Å²) >= 11 is 5.83. The SMILES string of the molecule is C=CCNC(=O)C(C)(C)C(=O)Nc1cccc(Cl)c1. The van der Waals surface area contributed by atoms with Crippen LogP contribution in [0.5, 0.6) is 0 Å². The first-order chi connectivity index (χ1) is 8.87. The summed E-state index contributed by atoms with van der Waals surface area (Å²) in [5.74, 6) is -0.747. The molecule has 0 aliphatic rings. The number of nitrogens with one attached hydrogen (secondary N) is 2. The van der Waals surface area contributed by atoms with Crippen LogP contribution < -0.4 is 10.6 Å². The summed E-state index contributed by atoms with van der Waals surface area (Å²) in [6, 6.07) is 6.76. The Balaban J connectivity index is 2.75. The standard InChI is InChI=1S/C14H17ClN2O2/c1-4-8-16-12(18)14(2,3)13(19)17-11-7-5-6-10(15)9-11/h4-7,9H,1,8H2,2-3H3,(H,16,18)(H,17,19). The number of anilines is 1. The lowest BCUT2D eigenvalue weighted by Gasteiger charge is -2.22. The number of carbonyl (C=O) groups excluding carboxylic acids is 2. The first kappa shape index (κ1) is 15.2. The van der Waals surface area contributed by atoms with Crippen molar-refractivity contribution in [1.82, 2.24) is 5.32 Å². The molecule has 0 heterocycles. The van der Waals surface area contributed by atoms with Crippen LogP contribution in [0.2, 0.25) is 5.02 Å². The van der Waals surface area contributed by atoms with E-state index in [0.717, 1.165) is 0 Å². The molecular weight excluding hydrogens is 264 g/mol. The molecule has 0 atom stereocenters. The second kappa shape index (κ2) is 6.38. The van der Waals surface area contributed by atoms with Gasteiger partial charge in [0, 0.05) is 17.3 Å². The Morgan fingerprint density at radius 2 is 2.05 bits per heavy atom. The average Bonchev–Trinajstić information content (AvgIpc) is 2.35. The Kier molecular flexibility index (Phi) is 5.12. The summed E-state index contributed by atoms with van der Waals surface area (Å²) in [7, 11) is 0. The van der Waals surface area contributed by atoms with Gasteiger partial charge >= 0.3 is 0 Å². The molecule has 1 aromatic rings. The van der Waals surface area contributed by atoms with Gasteiger partial charge in [0.05, 0.1) is 0 Å². The predicted octanol–water partition coefficient (Wildman–Crippen LogP) is 2.61. The molecule has 0 aromatic heterocycles. The van der Waals surface area contributed by atoms with Gasteiger partial charge in [-0.2, -0.15) is 0 Å². The molecule has 0 saturated heterocycles. The van der Waals surface area contributed by atoms with Crippen molar-refractivity contribution in [2.24, 2.45) is 5.41 Å². The van der Waals surface area contributed by atoms with Gasteiger partial charge in [-0.15, -0.1) is 6.58 Å². The summed E-state index contributed by atoms with van der Waals surface area (Å²) in [5, 5.41) is 5.80. The zero-order valence-corrected chi connectivity index (χ0v) is 11.8. The van der Waals surface area contributed by atoms with E-state index in [-0.39, 0.29) is 5.91 Å². The third-order valence-corrected chi connectivity index (χ3v) is 2.86. The van der Waals surface area contributed by atoms with E-state index in [1.165, 1.54) is 0 Å². The van der Waals surface area contributed by atoms with E-state index in [1.807, 2.05) is 0 Å². The molecule has 19 heavy (non-hydrogen) atoms. The predicted molar refractivity (Wildman–Crippen MR) is 77.1 cm³/mol. The zero-order valence-electron chi connectivity index (χ0n) is 11.0. The highest BCUT2D eigenvalue weighted by molar-refractivity contribution is 6.31. The summed E-state index contributed by atoms with van der Waals surface area (Å²) in [4.78, 5) is 24.0.